The highest BCUT2D eigenvalue weighted by molar-refractivity contribution is 7.91. The van der Waals surface area contributed by atoms with Crippen molar-refractivity contribution in [2.75, 3.05) is 12.4 Å². The Labute approximate surface area is 158 Å². The highest BCUT2D eigenvalue weighted by Gasteiger charge is 2.19. The minimum Gasteiger partial charge on any atom is -0.507 e. The zero-order valence-electron chi connectivity index (χ0n) is 15.4. The number of hydrogen-bond donors (Lipinski definition) is 2. The van der Waals surface area contributed by atoms with Gasteiger partial charge in [-0.25, -0.2) is 8.42 Å². The Morgan fingerprint density at radius 3 is 2.67 bits per heavy atom. The molecule has 9 nitrogen and oxygen atoms in total. The molecule has 0 bridgehead atoms. The molecule has 0 amide bonds. The number of carbonyl (C=O) groups is 1. The van der Waals surface area contributed by atoms with Crippen molar-refractivity contribution in [1.29, 1.82) is 0 Å². The van der Waals surface area contributed by atoms with Crippen molar-refractivity contribution in [1.82, 2.24) is 20.6 Å². The number of unbranched alkanes of at least 4 members (excludes halogenated alkanes) is 2. The van der Waals surface area contributed by atoms with E-state index in [9.17, 15) is 18.3 Å². The molecule has 0 aliphatic carbocycles. The molecule has 1 aromatic carbocycles. The standard InChI is InChI=1S/C17H24N4O5S/c1-3-7-14-15(9-8-13(12(2)22)16(14)23)26-10-5-4-6-11-27(24,25)17-18-20-21-19-17/h8-9,23H,3-7,10-11H2,1-2H3,(H,18,19,20,21). The molecular formula is C17H24N4O5S. The van der Waals surface area contributed by atoms with E-state index >= 15 is 0 Å². The molecule has 148 valence electrons. The van der Waals surface area contributed by atoms with Crippen LogP contribution in [0.15, 0.2) is 17.3 Å². The van der Waals surface area contributed by atoms with Gasteiger partial charge in [0.05, 0.1) is 17.9 Å². The molecule has 0 aliphatic rings. The fourth-order valence-electron chi connectivity index (χ4n) is 2.66. The lowest BCUT2D eigenvalue weighted by molar-refractivity contribution is 0.101. The Balaban J connectivity index is 1.85. The molecule has 2 aromatic rings. The highest BCUT2D eigenvalue weighted by atomic mass is 32.2. The fraction of sp³-hybridized carbons (Fsp3) is 0.529. The number of hydrogen-bond acceptors (Lipinski definition) is 8. The average molecular weight is 396 g/mol. The fourth-order valence-corrected chi connectivity index (χ4v) is 3.77. The van der Waals surface area contributed by atoms with Crippen LogP contribution in [0.3, 0.4) is 0 Å². The molecule has 0 radical (unpaired) electrons. The van der Waals surface area contributed by atoms with Crippen LogP contribution in [-0.2, 0) is 16.3 Å². The number of nitrogens with one attached hydrogen (secondary N) is 1. The number of sulfone groups is 1. The van der Waals surface area contributed by atoms with E-state index in [0.29, 0.717) is 43.6 Å². The topological polar surface area (TPSA) is 135 Å². The first-order valence-electron chi connectivity index (χ1n) is 8.81. The number of ether oxygens (including phenoxy) is 1. The van der Waals surface area contributed by atoms with Crippen molar-refractivity contribution >= 4 is 15.6 Å². The van der Waals surface area contributed by atoms with Crippen molar-refractivity contribution in [2.45, 2.75) is 51.1 Å². The summed E-state index contributed by atoms with van der Waals surface area (Å²) in [6.07, 6.45) is 3.17. The maximum atomic E-state index is 11.9. The van der Waals surface area contributed by atoms with Gasteiger partial charge in [0.25, 0.3) is 5.16 Å². The van der Waals surface area contributed by atoms with Crippen LogP contribution in [0.4, 0.5) is 0 Å². The number of H-pyrrole nitrogens is 1. The van der Waals surface area contributed by atoms with Gasteiger partial charge in [-0.3, -0.25) is 4.79 Å². The van der Waals surface area contributed by atoms with Crippen LogP contribution in [0.1, 0.15) is 55.5 Å². The van der Waals surface area contributed by atoms with Gasteiger partial charge in [0, 0.05) is 5.56 Å². The zero-order chi connectivity index (χ0) is 19.9. The lowest BCUT2D eigenvalue weighted by Gasteiger charge is -2.14. The first kappa shape index (κ1) is 20.8. The summed E-state index contributed by atoms with van der Waals surface area (Å²) in [6, 6.07) is 3.26. The summed E-state index contributed by atoms with van der Waals surface area (Å²) in [7, 11) is -3.51. The zero-order valence-corrected chi connectivity index (χ0v) is 16.3. The molecule has 1 aromatic heterocycles. The lowest BCUT2D eigenvalue weighted by Crippen LogP contribution is -2.09. The second kappa shape index (κ2) is 9.45. The molecule has 0 fully saturated rings. The molecule has 0 saturated heterocycles. The van der Waals surface area contributed by atoms with E-state index in [0.717, 1.165) is 6.42 Å². The van der Waals surface area contributed by atoms with Crippen molar-refractivity contribution in [2.24, 2.45) is 0 Å². The third kappa shape index (κ3) is 5.49. The number of nitrogens with zero attached hydrogens (tertiary/aromatic N) is 3. The van der Waals surface area contributed by atoms with Gasteiger partial charge in [-0.05, 0) is 50.0 Å². The van der Waals surface area contributed by atoms with Crippen molar-refractivity contribution in [3.05, 3.63) is 23.3 Å². The molecule has 2 N–H and O–H groups in total. The number of phenols is 1. The van der Waals surface area contributed by atoms with Crippen LogP contribution in [0.25, 0.3) is 0 Å². The van der Waals surface area contributed by atoms with E-state index in [4.69, 9.17) is 4.74 Å². The Bertz CT molecular complexity index is 866. The van der Waals surface area contributed by atoms with Crippen molar-refractivity contribution in [3.63, 3.8) is 0 Å². The second-order valence-electron chi connectivity index (χ2n) is 6.17. The van der Waals surface area contributed by atoms with Crippen LogP contribution in [0.5, 0.6) is 11.5 Å². The van der Waals surface area contributed by atoms with Crippen LogP contribution >= 0.6 is 0 Å². The van der Waals surface area contributed by atoms with E-state index in [2.05, 4.69) is 20.6 Å². The predicted octanol–water partition coefficient (Wildman–Crippen LogP) is 2.08. The van der Waals surface area contributed by atoms with Crippen LogP contribution in [-0.4, -0.2) is 52.3 Å². The summed E-state index contributed by atoms with van der Waals surface area (Å²) in [4.78, 5) is 11.6. The molecule has 0 unspecified atom stereocenters. The molecule has 0 spiro atoms. The monoisotopic (exact) mass is 396 g/mol. The number of carbonyl (C=O) groups excluding carboxylic acids is 1. The molecule has 27 heavy (non-hydrogen) atoms. The Morgan fingerprint density at radius 2 is 2.04 bits per heavy atom. The van der Waals surface area contributed by atoms with E-state index < -0.39 is 9.84 Å². The SMILES string of the molecule is CCCc1c(OCCCCCS(=O)(=O)c2nn[nH]n2)ccc(C(C)=O)c1O. The maximum absolute atomic E-state index is 11.9. The first-order valence-corrected chi connectivity index (χ1v) is 10.5. The Kier molecular flexibility index (Phi) is 7.28. The summed E-state index contributed by atoms with van der Waals surface area (Å²) in [5.74, 6) is 0.285. The van der Waals surface area contributed by atoms with E-state index in [1.165, 1.54) is 6.92 Å². The van der Waals surface area contributed by atoms with Gasteiger partial charge < -0.3 is 9.84 Å². The number of aromatic amines is 1. The lowest BCUT2D eigenvalue weighted by atomic mass is 10.0. The third-order valence-electron chi connectivity index (χ3n) is 4.04. The maximum Gasteiger partial charge on any atom is 0.288 e. The number of aromatic nitrogens is 4. The number of Topliss-reactive ketones (excluding diaryl/α,β-unsaturated/α-hetero) is 1. The molecule has 10 heteroatoms. The number of rotatable bonds is 11. The number of benzene rings is 1. The summed E-state index contributed by atoms with van der Waals surface area (Å²) in [5.41, 5.74) is 0.919. The number of ketones is 1. The number of aromatic hydroxyl groups is 1. The summed E-state index contributed by atoms with van der Waals surface area (Å²) >= 11 is 0. The van der Waals surface area contributed by atoms with Gasteiger partial charge in [0.15, 0.2) is 5.78 Å². The van der Waals surface area contributed by atoms with E-state index in [1.54, 1.807) is 12.1 Å². The quantitative estimate of drug-likeness (QED) is 0.435. The molecular weight excluding hydrogens is 372 g/mol. The van der Waals surface area contributed by atoms with Gasteiger partial charge in [-0.2, -0.15) is 5.21 Å². The summed E-state index contributed by atoms with van der Waals surface area (Å²) in [5, 5.41) is 22.4. The third-order valence-corrected chi connectivity index (χ3v) is 5.59. The highest BCUT2D eigenvalue weighted by Crippen LogP contribution is 2.33. The van der Waals surface area contributed by atoms with Gasteiger partial charge in [0.1, 0.15) is 11.5 Å². The van der Waals surface area contributed by atoms with Crippen molar-refractivity contribution < 1.29 is 23.1 Å². The largest absolute Gasteiger partial charge is 0.507 e. The van der Waals surface area contributed by atoms with Crippen molar-refractivity contribution in [3.8, 4) is 11.5 Å². The van der Waals surface area contributed by atoms with Gasteiger partial charge >= 0.3 is 0 Å². The molecule has 0 saturated carbocycles. The smallest absolute Gasteiger partial charge is 0.288 e. The Morgan fingerprint density at radius 1 is 1.26 bits per heavy atom. The average Bonchev–Trinajstić information content (AvgIpc) is 3.16. The minimum absolute atomic E-state index is 0.0203. The normalized spacial score (nSPS) is 11.5. The van der Waals surface area contributed by atoms with E-state index in [1.807, 2.05) is 6.92 Å². The van der Waals surface area contributed by atoms with Gasteiger partial charge in [0.2, 0.25) is 9.84 Å². The number of phenolic OH excluding ortho intramolecular Hbond substituents is 1. The van der Waals surface area contributed by atoms with E-state index in [-0.39, 0.29) is 28.0 Å². The molecule has 1 heterocycles. The first-order chi connectivity index (χ1) is 12.9. The predicted molar refractivity (Wildman–Crippen MR) is 97.7 cm³/mol. The van der Waals surface area contributed by atoms with Crippen LogP contribution in [0, 0.1) is 0 Å². The summed E-state index contributed by atoms with van der Waals surface area (Å²) in [6.45, 7) is 3.78. The molecule has 2 rings (SSSR count). The van der Waals surface area contributed by atoms with Crippen LogP contribution < -0.4 is 4.74 Å². The van der Waals surface area contributed by atoms with Gasteiger partial charge in [-0.1, -0.05) is 18.4 Å². The Hall–Kier alpha value is -2.49. The summed E-state index contributed by atoms with van der Waals surface area (Å²) < 4.78 is 29.6. The van der Waals surface area contributed by atoms with Gasteiger partial charge in [-0.15, -0.1) is 5.10 Å². The number of tetrazole rings is 1. The molecule has 0 atom stereocenters. The van der Waals surface area contributed by atoms with Crippen LogP contribution in [0.2, 0.25) is 0 Å². The minimum atomic E-state index is -3.51. The second-order valence-corrected chi connectivity index (χ2v) is 8.17. The molecule has 0 aliphatic heterocycles.